The monoisotopic (exact) mass is 791 g/mol. The summed E-state index contributed by atoms with van der Waals surface area (Å²) in [6.45, 7) is 0. The number of para-hydroxylation sites is 2. The minimum Gasteiger partial charge on any atom is -0.309 e. The Balaban J connectivity index is 1.14. The Morgan fingerprint density at radius 2 is 0.694 bits per heavy atom. The molecule has 0 radical (unpaired) electrons. The van der Waals surface area contributed by atoms with E-state index in [1.54, 1.807) is 0 Å². The molecule has 290 valence electrons. The molecule has 12 rings (SSSR count). The second-order valence-corrected chi connectivity index (χ2v) is 15.7. The maximum absolute atomic E-state index is 5.21. The second kappa shape index (κ2) is 14.7. The number of hydrogen-bond acceptors (Lipinski definition) is 3. The number of nitrogens with zero attached hydrogens (tertiary/aromatic N) is 5. The molecule has 0 aliphatic rings. The van der Waals surface area contributed by atoms with Gasteiger partial charge in [-0.2, -0.15) is 9.97 Å². The van der Waals surface area contributed by atoms with Crippen LogP contribution in [0.5, 0.6) is 0 Å². The van der Waals surface area contributed by atoms with E-state index in [0.29, 0.717) is 17.6 Å². The summed E-state index contributed by atoms with van der Waals surface area (Å²) in [6, 6.07) is 79.5. The molecule has 0 unspecified atom stereocenters. The van der Waals surface area contributed by atoms with Gasteiger partial charge in [0.1, 0.15) is 0 Å². The molecule has 0 bridgehead atoms. The first-order valence-electron chi connectivity index (χ1n) is 20.9. The predicted molar refractivity (Wildman–Crippen MR) is 256 cm³/mol. The molecule has 0 saturated carbocycles. The SMILES string of the molecule is c1ccc(-c2cccc(-c3cc(-c4ccccc4)ccc3-n3c4ccccc4c4cc5c(cc43)c3ccccc3n5-c3nc(-c4ccccc4)nc(-c4ccccc4)n3)c2)cc1. The van der Waals surface area contributed by atoms with Crippen molar-refractivity contribution in [2.75, 3.05) is 0 Å². The van der Waals surface area contributed by atoms with Crippen molar-refractivity contribution in [2.45, 2.75) is 0 Å². The molecule has 0 amide bonds. The third-order valence-electron chi connectivity index (χ3n) is 12.0. The zero-order valence-electron chi connectivity index (χ0n) is 33.6. The molecular weight excluding hydrogens is 755 g/mol. The van der Waals surface area contributed by atoms with Gasteiger partial charge in [0.05, 0.1) is 27.8 Å². The van der Waals surface area contributed by atoms with E-state index in [1.807, 2.05) is 36.4 Å². The number of aromatic nitrogens is 5. The largest absolute Gasteiger partial charge is 0.309 e. The number of fused-ring (bicyclic) bond motifs is 6. The maximum Gasteiger partial charge on any atom is 0.238 e. The maximum atomic E-state index is 5.21. The van der Waals surface area contributed by atoms with Gasteiger partial charge in [-0.1, -0.05) is 182 Å². The fraction of sp³-hybridized carbons (Fsp3) is 0. The van der Waals surface area contributed by atoms with Crippen molar-refractivity contribution in [1.29, 1.82) is 0 Å². The standard InChI is InChI=1S/C57H37N5/c1-5-18-38(19-6-1)42-26-17-27-44(34-42)47-35-43(39-20-7-2-8-21-39)32-33-52(47)61-50-30-15-13-28-45(50)48-37-54-49(36-53(48)61)46-29-14-16-31-51(46)62(54)57-59-55(40-22-9-3-10-23-40)58-56(60-57)41-24-11-4-12-25-41/h1-37H. The van der Waals surface area contributed by atoms with Gasteiger partial charge in [0.2, 0.25) is 5.95 Å². The van der Waals surface area contributed by atoms with Crippen molar-refractivity contribution < 1.29 is 0 Å². The molecule has 0 saturated heterocycles. The summed E-state index contributed by atoms with van der Waals surface area (Å²) >= 11 is 0. The average Bonchev–Trinajstić information content (AvgIpc) is 3.86. The van der Waals surface area contributed by atoms with Crippen molar-refractivity contribution in [3.05, 3.63) is 224 Å². The first-order valence-corrected chi connectivity index (χ1v) is 20.9. The normalized spacial score (nSPS) is 11.5. The molecule has 0 aliphatic heterocycles. The van der Waals surface area contributed by atoms with Crippen molar-refractivity contribution in [2.24, 2.45) is 0 Å². The predicted octanol–water partition coefficient (Wildman–Crippen LogP) is 14.4. The van der Waals surface area contributed by atoms with E-state index in [2.05, 4.69) is 197 Å². The Morgan fingerprint density at radius 3 is 1.26 bits per heavy atom. The molecule has 0 spiro atoms. The van der Waals surface area contributed by atoms with E-state index in [-0.39, 0.29) is 0 Å². The van der Waals surface area contributed by atoms with Gasteiger partial charge in [-0.05, 0) is 70.3 Å². The number of hydrogen-bond donors (Lipinski definition) is 0. The third-order valence-corrected chi connectivity index (χ3v) is 12.0. The molecule has 3 aromatic heterocycles. The minimum atomic E-state index is 0.573. The van der Waals surface area contributed by atoms with E-state index < -0.39 is 0 Å². The van der Waals surface area contributed by atoms with Crippen LogP contribution < -0.4 is 0 Å². The highest BCUT2D eigenvalue weighted by Gasteiger charge is 2.22. The Bertz CT molecular complexity index is 3550. The lowest BCUT2D eigenvalue weighted by Crippen LogP contribution is -2.06. The summed E-state index contributed by atoms with van der Waals surface area (Å²) in [5.41, 5.74) is 14.3. The Kier molecular flexibility index (Phi) is 8.42. The van der Waals surface area contributed by atoms with Crippen molar-refractivity contribution in [3.8, 4) is 67.8 Å². The van der Waals surface area contributed by atoms with Crippen LogP contribution in [0.15, 0.2) is 224 Å². The summed E-state index contributed by atoms with van der Waals surface area (Å²) < 4.78 is 4.67. The summed E-state index contributed by atoms with van der Waals surface area (Å²) in [5.74, 6) is 1.82. The van der Waals surface area contributed by atoms with Crippen molar-refractivity contribution in [1.82, 2.24) is 24.1 Å². The van der Waals surface area contributed by atoms with E-state index in [4.69, 9.17) is 15.0 Å². The Hall–Kier alpha value is -8.41. The molecule has 0 fully saturated rings. The Labute approximate surface area is 358 Å². The first kappa shape index (κ1) is 35.5. The quantitative estimate of drug-likeness (QED) is 0.162. The Morgan fingerprint density at radius 1 is 0.258 bits per heavy atom. The van der Waals surface area contributed by atoms with Gasteiger partial charge in [0, 0.05) is 38.2 Å². The highest BCUT2D eigenvalue weighted by Crippen LogP contribution is 2.42. The van der Waals surface area contributed by atoms with Crippen LogP contribution in [-0.2, 0) is 0 Å². The zero-order valence-corrected chi connectivity index (χ0v) is 33.6. The highest BCUT2D eigenvalue weighted by molar-refractivity contribution is 6.19. The van der Waals surface area contributed by atoms with Crippen LogP contribution >= 0.6 is 0 Å². The summed E-state index contributed by atoms with van der Waals surface area (Å²) in [5, 5.41) is 4.56. The molecule has 0 atom stereocenters. The van der Waals surface area contributed by atoms with Gasteiger partial charge >= 0.3 is 0 Å². The third kappa shape index (κ3) is 5.98. The number of rotatable bonds is 7. The van der Waals surface area contributed by atoms with Crippen LogP contribution in [0.1, 0.15) is 0 Å². The molecule has 9 aromatic carbocycles. The van der Waals surface area contributed by atoms with Gasteiger partial charge in [0.25, 0.3) is 0 Å². The summed E-state index contributed by atoms with van der Waals surface area (Å²) in [4.78, 5) is 15.4. The van der Waals surface area contributed by atoms with Crippen molar-refractivity contribution in [3.63, 3.8) is 0 Å². The molecule has 62 heavy (non-hydrogen) atoms. The van der Waals surface area contributed by atoms with Crippen LogP contribution in [-0.4, -0.2) is 24.1 Å². The smallest absolute Gasteiger partial charge is 0.238 e. The molecule has 12 aromatic rings. The summed E-state index contributed by atoms with van der Waals surface area (Å²) in [7, 11) is 0. The van der Waals surface area contributed by atoms with E-state index in [1.165, 1.54) is 27.6 Å². The van der Waals surface area contributed by atoms with Crippen LogP contribution in [0.4, 0.5) is 0 Å². The van der Waals surface area contributed by atoms with Gasteiger partial charge in [-0.25, -0.2) is 4.98 Å². The fourth-order valence-electron chi connectivity index (χ4n) is 9.07. The average molecular weight is 792 g/mol. The van der Waals surface area contributed by atoms with Crippen molar-refractivity contribution >= 4 is 43.6 Å². The minimum absolute atomic E-state index is 0.573. The molecule has 3 heterocycles. The number of benzene rings is 9. The van der Waals surface area contributed by atoms with Gasteiger partial charge in [-0.15, -0.1) is 0 Å². The molecule has 5 heteroatoms. The van der Waals surface area contributed by atoms with Crippen LogP contribution in [0.2, 0.25) is 0 Å². The van der Waals surface area contributed by atoms with Gasteiger partial charge in [-0.3, -0.25) is 4.57 Å². The zero-order chi connectivity index (χ0) is 41.0. The van der Waals surface area contributed by atoms with E-state index >= 15 is 0 Å². The van der Waals surface area contributed by atoms with E-state index in [0.717, 1.165) is 66.2 Å². The lowest BCUT2D eigenvalue weighted by atomic mass is 9.94. The topological polar surface area (TPSA) is 48.5 Å². The van der Waals surface area contributed by atoms with E-state index in [9.17, 15) is 0 Å². The van der Waals surface area contributed by atoms with Crippen LogP contribution in [0.3, 0.4) is 0 Å². The lowest BCUT2D eigenvalue weighted by molar-refractivity contribution is 0.954. The highest BCUT2D eigenvalue weighted by atomic mass is 15.2. The molecular formula is C57H37N5. The fourth-order valence-corrected chi connectivity index (χ4v) is 9.07. The van der Waals surface area contributed by atoms with Crippen LogP contribution in [0.25, 0.3) is 111 Å². The van der Waals surface area contributed by atoms with Gasteiger partial charge in [0.15, 0.2) is 11.6 Å². The molecule has 5 nitrogen and oxygen atoms in total. The van der Waals surface area contributed by atoms with Gasteiger partial charge < -0.3 is 4.57 Å². The lowest BCUT2D eigenvalue weighted by Gasteiger charge is -2.17. The van der Waals surface area contributed by atoms with Crippen LogP contribution in [0, 0.1) is 0 Å². The molecule has 0 N–H and O–H groups in total. The molecule has 0 aliphatic carbocycles. The summed E-state index contributed by atoms with van der Waals surface area (Å²) in [6.07, 6.45) is 0. The second-order valence-electron chi connectivity index (χ2n) is 15.7. The first-order chi connectivity index (χ1) is 30.7.